The highest BCUT2D eigenvalue weighted by molar-refractivity contribution is 5.85. The van der Waals surface area contributed by atoms with Gasteiger partial charge in [0.1, 0.15) is 0 Å². The zero-order chi connectivity index (χ0) is 12.4. The molecule has 0 saturated heterocycles. The van der Waals surface area contributed by atoms with Gasteiger partial charge in [-0.3, -0.25) is 0 Å². The Labute approximate surface area is 116 Å². The van der Waals surface area contributed by atoms with Crippen LogP contribution in [0.5, 0.6) is 11.5 Å². The van der Waals surface area contributed by atoms with E-state index in [1.54, 1.807) is 6.20 Å². The molecule has 2 N–H and O–H groups in total. The third-order valence-electron chi connectivity index (χ3n) is 2.86. The highest BCUT2D eigenvalue weighted by atomic mass is 35.5. The van der Waals surface area contributed by atoms with Crippen LogP contribution in [-0.4, -0.2) is 28.3 Å². The molecule has 0 unspecified atom stereocenters. The van der Waals surface area contributed by atoms with E-state index in [2.05, 4.69) is 10.3 Å². The van der Waals surface area contributed by atoms with Crippen LogP contribution in [0.3, 0.4) is 0 Å². The van der Waals surface area contributed by atoms with E-state index in [0.29, 0.717) is 6.54 Å². The summed E-state index contributed by atoms with van der Waals surface area (Å²) in [7, 11) is 0. The molecule has 3 rings (SSSR count). The minimum Gasteiger partial charge on any atom is -0.454 e. The Morgan fingerprint density at radius 2 is 2.11 bits per heavy atom. The fraction of sp³-hybridized carbons (Fsp3) is 0.333. The number of nitrogens with two attached hydrogens (primary N) is 1. The molecular weight excluding hydrogens is 268 g/mol. The van der Waals surface area contributed by atoms with Crippen molar-refractivity contribution >= 4 is 12.4 Å². The number of hydrogen-bond acceptors (Lipinski definition) is 5. The maximum atomic E-state index is 5.51. The number of nitrogens with zero attached hydrogens (tertiary/aromatic N) is 3. The maximum Gasteiger partial charge on any atom is 0.231 e. The number of hydrogen-bond donors (Lipinski definition) is 1. The molecule has 0 radical (unpaired) electrons. The maximum absolute atomic E-state index is 5.51. The van der Waals surface area contributed by atoms with Crippen molar-refractivity contribution in [1.82, 2.24) is 15.0 Å². The molecule has 0 atom stereocenters. The monoisotopic (exact) mass is 282 g/mol. The SMILES string of the molecule is Cl.NCCCn1nncc1-c1ccc2c(c1)OCO2. The molecule has 1 aromatic heterocycles. The third kappa shape index (κ3) is 2.64. The van der Waals surface area contributed by atoms with Crippen molar-refractivity contribution in [3.63, 3.8) is 0 Å². The normalized spacial score (nSPS) is 12.3. The Kier molecular flexibility index (Phi) is 4.24. The molecule has 1 aliphatic heterocycles. The van der Waals surface area contributed by atoms with Crippen molar-refractivity contribution in [2.24, 2.45) is 5.73 Å². The molecule has 1 aliphatic rings. The molecule has 0 amide bonds. The van der Waals surface area contributed by atoms with Crippen LogP contribution in [0.2, 0.25) is 0 Å². The molecule has 0 bridgehead atoms. The minimum absolute atomic E-state index is 0. The van der Waals surface area contributed by atoms with E-state index in [9.17, 15) is 0 Å². The van der Waals surface area contributed by atoms with Gasteiger partial charge in [0, 0.05) is 12.1 Å². The summed E-state index contributed by atoms with van der Waals surface area (Å²) in [6.07, 6.45) is 2.62. The Bertz CT molecular complexity index is 558. The van der Waals surface area contributed by atoms with Gasteiger partial charge in [0.05, 0.1) is 11.9 Å². The lowest BCUT2D eigenvalue weighted by Gasteiger charge is -2.06. The van der Waals surface area contributed by atoms with E-state index in [-0.39, 0.29) is 19.2 Å². The summed E-state index contributed by atoms with van der Waals surface area (Å²) in [6.45, 7) is 1.68. The highest BCUT2D eigenvalue weighted by Gasteiger charge is 2.15. The number of aromatic nitrogens is 3. The largest absolute Gasteiger partial charge is 0.454 e. The van der Waals surface area contributed by atoms with Gasteiger partial charge in [-0.15, -0.1) is 17.5 Å². The summed E-state index contributed by atoms with van der Waals surface area (Å²) in [4.78, 5) is 0. The van der Waals surface area contributed by atoms with Crippen LogP contribution in [0.15, 0.2) is 24.4 Å². The second kappa shape index (κ2) is 5.90. The quantitative estimate of drug-likeness (QED) is 0.918. The van der Waals surface area contributed by atoms with Crippen LogP contribution in [0, 0.1) is 0 Å². The van der Waals surface area contributed by atoms with Crippen molar-refractivity contribution in [3.8, 4) is 22.8 Å². The fourth-order valence-electron chi connectivity index (χ4n) is 1.94. The smallest absolute Gasteiger partial charge is 0.231 e. The highest BCUT2D eigenvalue weighted by Crippen LogP contribution is 2.35. The van der Waals surface area contributed by atoms with Gasteiger partial charge in [-0.05, 0) is 31.2 Å². The molecule has 102 valence electrons. The number of halogens is 1. The lowest BCUT2D eigenvalue weighted by molar-refractivity contribution is 0.174. The zero-order valence-electron chi connectivity index (χ0n) is 10.3. The average molecular weight is 283 g/mol. The molecular formula is C12H15ClN4O2. The molecule has 2 aromatic rings. The second-order valence-electron chi connectivity index (χ2n) is 4.05. The molecule has 2 heterocycles. The molecule has 1 aromatic carbocycles. The van der Waals surface area contributed by atoms with Crippen LogP contribution in [0.4, 0.5) is 0 Å². The van der Waals surface area contributed by atoms with E-state index < -0.39 is 0 Å². The van der Waals surface area contributed by atoms with E-state index in [1.165, 1.54) is 0 Å². The topological polar surface area (TPSA) is 75.2 Å². The number of ether oxygens (including phenoxy) is 2. The van der Waals surface area contributed by atoms with Gasteiger partial charge in [0.15, 0.2) is 11.5 Å². The van der Waals surface area contributed by atoms with Crippen LogP contribution in [-0.2, 0) is 6.54 Å². The first-order valence-corrected chi connectivity index (χ1v) is 5.87. The average Bonchev–Trinajstić information content (AvgIpc) is 3.03. The summed E-state index contributed by atoms with van der Waals surface area (Å²) < 4.78 is 12.5. The van der Waals surface area contributed by atoms with E-state index in [0.717, 1.165) is 35.7 Å². The van der Waals surface area contributed by atoms with Gasteiger partial charge in [-0.2, -0.15) is 0 Å². The molecule has 0 spiro atoms. The van der Waals surface area contributed by atoms with Crippen LogP contribution in [0.25, 0.3) is 11.3 Å². The number of rotatable bonds is 4. The van der Waals surface area contributed by atoms with Crippen molar-refractivity contribution in [1.29, 1.82) is 0 Å². The Morgan fingerprint density at radius 1 is 1.26 bits per heavy atom. The number of aryl methyl sites for hydroxylation is 1. The Morgan fingerprint density at radius 3 is 2.95 bits per heavy atom. The van der Waals surface area contributed by atoms with Crippen LogP contribution < -0.4 is 15.2 Å². The molecule has 6 nitrogen and oxygen atoms in total. The van der Waals surface area contributed by atoms with Gasteiger partial charge in [-0.1, -0.05) is 5.21 Å². The van der Waals surface area contributed by atoms with Gasteiger partial charge in [0.2, 0.25) is 6.79 Å². The van der Waals surface area contributed by atoms with E-state index in [1.807, 2.05) is 22.9 Å². The number of fused-ring (bicyclic) bond motifs is 1. The van der Waals surface area contributed by atoms with Crippen molar-refractivity contribution in [2.45, 2.75) is 13.0 Å². The Hall–Kier alpha value is -1.79. The van der Waals surface area contributed by atoms with Gasteiger partial charge >= 0.3 is 0 Å². The molecule has 0 aliphatic carbocycles. The van der Waals surface area contributed by atoms with Crippen LogP contribution >= 0.6 is 12.4 Å². The summed E-state index contributed by atoms with van der Waals surface area (Å²) in [5.41, 5.74) is 7.48. The molecule has 19 heavy (non-hydrogen) atoms. The minimum atomic E-state index is 0. The van der Waals surface area contributed by atoms with Crippen LogP contribution in [0.1, 0.15) is 6.42 Å². The predicted octanol–water partition coefficient (Wildman–Crippen LogP) is 1.44. The van der Waals surface area contributed by atoms with Gasteiger partial charge in [-0.25, -0.2) is 4.68 Å². The van der Waals surface area contributed by atoms with Crippen molar-refractivity contribution < 1.29 is 9.47 Å². The lowest BCUT2D eigenvalue weighted by atomic mass is 10.1. The fourth-order valence-corrected chi connectivity index (χ4v) is 1.94. The second-order valence-corrected chi connectivity index (χ2v) is 4.05. The van der Waals surface area contributed by atoms with E-state index >= 15 is 0 Å². The number of benzene rings is 1. The van der Waals surface area contributed by atoms with Crippen molar-refractivity contribution in [2.75, 3.05) is 13.3 Å². The first kappa shape index (κ1) is 13.6. The molecule has 0 fully saturated rings. The summed E-state index contributed by atoms with van der Waals surface area (Å²) in [6, 6.07) is 5.82. The Balaban J connectivity index is 0.00000133. The van der Waals surface area contributed by atoms with Gasteiger partial charge in [0.25, 0.3) is 0 Å². The first-order chi connectivity index (χ1) is 8.88. The third-order valence-corrected chi connectivity index (χ3v) is 2.86. The van der Waals surface area contributed by atoms with Crippen molar-refractivity contribution in [3.05, 3.63) is 24.4 Å². The predicted molar refractivity (Wildman–Crippen MR) is 72.5 cm³/mol. The molecule has 7 heteroatoms. The first-order valence-electron chi connectivity index (χ1n) is 5.87. The van der Waals surface area contributed by atoms with E-state index in [4.69, 9.17) is 15.2 Å². The summed E-state index contributed by atoms with van der Waals surface area (Å²) in [5.74, 6) is 1.54. The summed E-state index contributed by atoms with van der Waals surface area (Å²) >= 11 is 0. The lowest BCUT2D eigenvalue weighted by Crippen LogP contribution is -2.08. The zero-order valence-corrected chi connectivity index (χ0v) is 11.1. The summed E-state index contributed by atoms with van der Waals surface area (Å²) in [5, 5.41) is 8.01. The molecule has 0 saturated carbocycles. The van der Waals surface area contributed by atoms with Gasteiger partial charge < -0.3 is 15.2 Å². The standard InChI is InChI=1S/C12H14N4O2.ClH/c13-4-1-5-16-10(7-14-15-16)9-2-3-11-12(6-9)18-8-17-11;/h2-3,6-7H,1,4-5,8,13H2;1H.